The van der Waals surface area contributed by atoms with Crippen LogP contribution in [0.2, 0.25) is 0 Å². The summed E-state index contributed by atoms with van der Waals surface area (Å²) >= 11 is 3.27. The van der Waals surface area contributed by atoms with Gasteiger partial charge in [-0.1, -0.05) is 28.7 Å². The number of quaternary nitrogens is 1. The number of hydrogen-bond acceptors (Lipinski definition) is 12. The van der Waals surface area contributed by atoms with Gasteiger partial charge in [0.25, 0.3) is 11.0 Å². The highest BCUT2D eigenvalue weighted by molar-refractivity contribution is 8.14. The minimum Gasteiger partial charge on any atom is -0.460 e. The van der Waals surface area contributed by atoms with Crippen LogP contribution in [0.5, 0.6) is 0 Å². The van der Waals surface area contributed by atoms with Crippen LogP contribution in [0.1, 0.15) is 16.2 Å². The summed E-state index contributed by atoms with van der Waals surface area (Å²) < 4.78 is 4.09. The first-order valence-electron chi connectivity index (χ1n) is 9.60. The Bertz CT molecular complexity index is 1210. The van der Waals surface area contributed by atoms with Crippen LogP contribution in [0, 0.1) is 0 Å². The largest absolute Gasteiger partial charge is 0.527 e. The number of imide groups is 1. The van der Waals surface area contributed by atoms with Crippen molar-refractivity contribution < 1.29 is 38.0 Å². The van der Waals surface area contributed by atoms with Crippen LogP contribution in [0.3, 0.4) is 0 Å². The highest BCUT2D eigenvalue weighted by Crippen LogP contribution is 2.44. The van der Waals surface area contributed by atoms with E-state index in [4.69, 9.17) is 15.0 Å². The lowest BCUT2D eigenvalue weighted by Crippen LogP contribution is -2.80. The van der Waals surface area contributed by atoms with Crippen molar-refractivity contribution in [3.63, 3.8) is 0 Å². The third-order valence-corrected chi connectivity index (χ3v) is 8.16. The van der Waals surface area contributed by atoms with E-state index in [0.717, 1.165) is 23.1 Å². The van der Waals surface area contributed by atoms with E-state index in [0.29, 0.717) is 11.3 Å². The molecule has 3 atom stereocenters. The van der Waals surface area contributed by atoms with E-state index < -0.39 is 33.8 Å². The summed E-state index contributed by atoms with van der Waals surface area (Å²) in [5.74, 6) is -0.687. The maximum absolute atomic E-state index is 13.0. The first-order valence-corrected chi connectivity index (χ1v) is 12.5. The van der Waals surface area contributed by atoms with Gasteiger partial charge in [0.2, 0.25) is 6.04 Å². The number of hydrogen-bond donors (Lipinski definition) is 3. The number of nitrogens with two attached hydrogens (primary N) is 1. The van der Waals surface area contributed by atoms with Gasteiger partial charge in [-0.25, -0.2) is 9.78 Å². The lowest BCUT2D eigenvalue weighted by atomic mass is 10.0. The number of aromatic nitrogens is 1. The number of nitrogens with zero attached hydrogens (tertiary/aromatic N) is 3. The number of thioether (sulfide) groups is 2. The number of carbonyl (C=O) groups is 4. The number of anilines is 1. The molecule has 1 fully saturated rings. The molecule has 2 aromatic heterocycles. The van der Waals surface area contributed by atoms with Crippen molar-refractivity contribution >= 4 is 68.7 Å². The maximum atomic E-state index is 13.0. The van der Waals surface area contributed by atoms with Crippen LogP contribution >= 0.6 is 34.9 Å². The number of nitrogen functional groups attached to an aromatic ring is 1. The van der Waals surface area contributed by atoms with E-state index in [-0.39, 0.29) is 33.2 Å². The van der Waals surface area contributed by atoms with Gasteiger partial charge in [0.1, 0.15) is 19.0 Å². The SMILES string of the molecule is CON=C(C(=O)NC1C(=O)[N+]2(C(=O)O)C=C(CSC(=O)c3ccco3)CSC12)c1csc(N)n1. The third kappa shape index (κ3) is 4.22. The van der Waals surface area contributed by atoms with Crippen molar-refractivity contribution in [2.24, 2.45) is 5.16 Å². The minimum atomic E-state index is -1.37. The van der Waals surface area contributed by atoms with E-state index >= 15 is 0 Å². The third-order valence-electron chi connectivity index (χ3n) is 5.02. The molecule has 0 aromatic carbocycles. The summed E-state index contributed by atoms with van der Waals surface area (Å²) in [6.07, 6.45) is 1.37. The molecule has 3 unspecified atom stereocenters. The van der Waals surface area contributed by atoms with Gasteiger partial charge in [0, 0.05) is 22.5 Å². The number of fused-ring (bicyclic) bond motifs is 1. The number of β-lactam (4-membered cyclic amide) rings is 1. The molecule has 4 rings (SSSR count). The first-order chi connectivity index (χ1) is 16.3. The van der Waals surface area contributed by atoms with Crippen molar-refractivity contribution in [3.8, 4) is 0 Å². The number of nitrogens with one attached hydrogen (secondary N) is 1. The number of carboxylic acid groups (broad SMARTS) is 1. The topological polar surface area (TPSA) is 174 Å². The number of oxime groups is 1. The normalized spacial score (nSPS) is 24.0. The zero-order valence-electron chi connectivity index (χ0n) is 17.5. The second-order valence-corrected chi connectivity index (χ2v) is 10.0. The Balaban J connectivity index is 1.49. The summed E-state index contributed by atoms with van der Waals surface area (Å²) in [7, 11) is 1.25. The van der Waals surface area contributed by atoms with Crippen LogP contribution in [0.25, 0.3) is 0 Å². The van der Waals surface area contributed by atoms with Gasteiger partial charge >= 0.3 is 12.0 Å². The van der Waals surface area contributed by atoms with E-state index in [1.54, 1.807) is 6.07 Å². The smallest absolute Gasteiger partial charge is 0.460 e. The summed E-state index contributed by atoms with van der Waals surface area (Å²) in [6.45, 7) is 0. The Labute approximate surface area is 204 Å². The summed E-state index contributed by atoms with van der Waals surface area (Å²) in [4.78, 5) is 58.8. The van der Waals surface area contributed by atoms with E-state index in [9.17, 15) is 24.3 Å². The van der Waals surface area contributed by atoms with Gasteiger partial charge in [-0.3, -0.25) is 9.59 Å². The summed E-state index contributed by atoms with van der Waals surface area (Å²) in [5.41, 5.74) is 6.22. The maximum Gasteiger partial charge on any atom is 0.527 e. The highest BCUT2D eigenvalue weighted by atomic mass is 32.2. The zero-order valence-corrected chi connectivity index (χ0v) is 19.9. The summed E-state index contributed by atoms with van der Waals surface area (Å²) in [5, 5.41) is 16.8. The van der Waals surface area contributed by atoms with Crippen molar-refractivity contribution in [1.29, 1.82) is 0 Å². The Kier molecular flexibility index (Phi) is 6.79. The number of furan rings is 1. The van der Waals surface area contributed by atoms with Gasteiger partial charge in [-0.2, -0.15) is 4.79 Å². The molecule has 4 N–H and O–H groups in total. The lowest BCUT2D eigenvalue weighted by Gasteiger charge is -2.48. The molecule has 15 heteroatoms. The number of carbonyl (C=O) groups excluding carboxylic acids is 3. The van der Waals surface area contributed by atoms with Crippen molar-refractivity contribution in [1.82, 2.24) is 10.3 Å². The molecule has 4 heterocycles. The molecule has 0 spiro atoms. The molecule has 0 saturated carbocycles. The molecule has 34 heavy (non-hydrogen) atoms. The number of thiazole rings is 1. The average Bonchev–Trinajstić information content (AvgIpc) is 3.50. The molecule has 2 aliphatic rings. The van der Waals surface area contributed by atoms with E-state index in [2.05, 4.69) is 15.5 Å². The monoisotopic (exact) mass is 524 g/mol. The highest BCUT2D eigenvalue weighted by Gasteiger charge is 2.70. The molecule has 12 nitrogen and oxygen atoms in total. The fourth-order valence-corrected chi connectivity index (χ4v) is 6.35. The molecule has 0 radical (unpaired) electrons. The van der Waals surface area contributed by atoms with Gasteiger partial charge in [-0.05, 0) is 12.1 Å². The van der Waals surface area contributed by atoms with Gasteiger partial charge in [0.05, 0.1) is 6.26 Å². The Hall–Kier alpha value is -3.14. The van der Waals surface area contributed by atoms with Crippen LogP contribution < -0.4 is 11.1 Å². The second-order valence-electron chi connectivity index (χ2n) is 7.09. The number of rotatable bonds is 7. The van der Waals surface area contributed by atoms with Crippen molar-refractivity contribution in [2.75, 3.05) is 24.3 Å². The molecule has 2 aromatic rings. The van der Waals surface area contributed by atoms with Crippen LogP contribution in [-0.2, 0) is 14.4 Å². The molecule has 3 amide bonds. The Morgan fingerprint density at radius 2 is 2.26 bits per heavy atom. The number of amides is 3. The van der Waals surface area contributed by atoms with Crippen LogP contribution in [0.4, 0.5) is 9.93 Å². The predicted octanol–water partition coefficient (Wildman–Crippen LogP) is 1.72. The molecule has 2 aliphatic heterocycles. The lowest BCUT2D eigenvalue weighted by molar-refractivity contribution is -0.773. The van der Waals surface area contributed by atoms with E-state index in [1.165, 1.54) is 42.8 Å². The Morgan fingerprint density at radius 1 is 1.47 bits per heavy atom. The van der Waals surface area contributed by atoms with Crippen molar-refractivity contribution in [2.45, 2.75) is 11.4 Å². The molecule has 0 aliphatic carbocycles. The first kappa shape index (κ1) is 24.0. The van der Waals surface area contributed by atoms with Gasteiger partial charge < -0.3 is 25.4 Å². The van der Waals surface area contributed by atoms with Crippen LogP contribution in [-0.4, -0.2) is 73.3 Å². The predicted molar refractivity (Wildman–Crippen MR) is 125 cm³/mol. The van der Waals surface area contributed by atoms with Crippen molar-refractivity contribution in [3.05, 3.63) is 47.0 Å². The molecular weight excluding hydrogens is 506 g/mol. The fraction of sp³-hybridized carbons (Fsp3) is 0.263. The molecule has 0 bridgehead atoms. The minimum absolute atomic E-state index is 0.171. The quantitative estimate of drug-likeness (QED) is 0.208. The molecule has 1 saturated heterocycles. The van der Waals surface area contributed by atoms with Gasteiger partial charge in [0.15, 0.2) is 22.0 Å². The standard InChI is InChI=1S/C19H17N5O7S3/c1-30-23-12(10-8-34-18(20)21-10)14(25)22-13-15(26)24(19(28)29)5-9(6-32-16(13)24)7-33-17(27)11-3-2-4-31-11/h2-5,8,13,16H,6-7H2,1H3,(H3-,20,21,22,25,28,29)/p+1. The Morgan fingerprint density at radius 3 is 2.88 bits per heavy atom. The fourth-order valence-electron chi connectivity index (χ4n) is 3.50. The zero-order chi connectivity index (χ0) is 24.5. The van der Waals surface area contributed by atoms with E-state index in [1.807, 2.05) is 0 Å². The second kappa shape index (κ2) is 9.61. The molecular formula is C19H18N5O7S3+. The van der Waals surface area contributed by atoms with Crippen LogP contribution in [0.15, 0.2) is 45.1 Å². The summed E-state index contributed by atoms with van der Waals surface area (Å²) in [6, 6.07) is 2.06. The molecule has 178 valence electrons. The average molecular weight is 525 g/mol. The van der Waals surface area contributed by atoms with Gasteiger partial charge in [-0.15, -0.1) is 15.8 Å².